The summed E-state index contributed by atoms with van der Waals surface area (Å²) in [4.78, 5) is 28.6. The quantitative estimate of drug-likeness (QED) is 0.406. The first-order valence-corrected chi connectivity index (χ1v) is 10.5. The van der Waals surface area contributed by atoms with Crippen molar-refractivity contribution in [2.75, 3.05) is 5.32 Å². The number of rotatable bonds is 6. The number of thiazole rings is 1. The lowest BCUT2D eigenvalue weighted by atomic mass is 10.1. The molecule has 9 heteroatoms. The van der Waals surface area contributed by atoms with E-state index in [-0.39, 0.29) is 11.6 Å². The Balaban J connectivity index is 1.41. The third kappa shape index (κ3) is 4.15. The van der Waals surface area contributed by atoms with Gasteiger partial charge in [-0.3, -0.25) is 14.7 Å². The number of anilines is 1. The largest absolute Gasteiger partial charge is 0.364 e. The summed E-state index contributed by atoms with van der Waals surface area (Å²) in [7, 11) is 0. The molecule has 2 aromatic heterocycles. The summed E-state index contributed by atoms with van der Waals surface area (Å²) in [5, 5.41) is 9.18. The fourth-order valence-electron chi connectivity index (χ4n) is 2.76. The predicted octanol–water partition coefficient (Wildman–Crippen LogP) is 3.97. The number of thioether (sulfide) groups is 1. The molecule has 0 unspecified atom stereocenters. The Kier molecular flexibility index (Phi) is 5.32. The molecule has 29 heavy (non-hydrogen) atoms. The van der Waals surface area contributed by atoms with Crippen LogP contribution in [0.2, 0.25) is 0 Å². The number of primary amides is 1. The lowest BCUT2D eigenvalue weighted by Crippen LogP contribution is -2.18. The second-order valence-electron chi connectivity index (χ2n) is 6.32. The summed E-state index contributed by atoms with van der Waals surface area (Å²) in [6.45, 7) is 1.71. The highest BCUT2D eigenvalue weighted by Crippen LogP contribution is 2.31. The number of carbonyl (C=O) groups is 2. The number of nitrogens with zero attached hydrogens (tertiary/aromatic N) is 2. The summed E-state index contributed by atoms with van der Waals surface area (Å²) >= 11 is 3.34. The highest BCUT2D eigenvalue weighted by molar-refractivity contribution is 8.00. The number of H-pyrrole nitrogens is 1. The van der Waals surface area contributed by atoms with Gasteiger partial charge in [0.15, 0.2) is 10.0 Å². The number of benzene rings is 2. The Hall–Kier alpha value is -3.17. The zero-order valence-corrected chi connectivity index (χ0v) is 17.1. The Labute approximate surface area is 174 Å². The lowest BCUT2D eigenvalue weighted by Gasteiger charge is -2.06. The SMILES string of the molecule is Cc1[nH]nc(C(N)=O)c1NC(=O)c1ccc(CSc2nc3ccccc3s2)cc1. The van der Waals surface area contributed by atoms with E-state index in [9.17, 15) is 9.59 Å². The van der Waals surface area contributed by atoms with Crippen LogP contribution in [0, 0.1) is 6.92 Å². The smallest absolute Gasteiger partial charge is 0.271 e. The van der Waals surface area contributed by atoms with E-state index in [1.165, 1.54) is 4.70 Å². The number of para-hydroxylation sites is 1. The van der Waals surface area contributed by atoms with Crippen LogP contribution >= 0.6 is 23.1 Å². The van der Waals surface area contributed by atoms with Crippen LogP contribution in [0.3, 0.4) is 0 Å². The Morgan fingerprint density at radius 3 is 2.66 bits per heavy atom. The van der Waals surface area contributed by atoms with Crippen LogP contribution in [0.1, 0.15) is 32.1 Å². The maximum absolute atomic E-state index is 12.5. The highest BCUT2D eigenvalue weighted by Gasteiger charge is 2.18. The van der Waals surface area contributed by atoms with Crippen molar-refractivity contribution >= 4 is 50.8 Å². The standard InChI is InChI=1S/C20H17N5O2S2/c1-11-16(17(18(21)26)25-24-11)23-19(27)13-8-6-12(7-9-13)10-28-20-22-14-4-2-3-5-15(14)29-20/h2-9H,10H2,1H3,(H2,21,26)(H,23,27)(H,24,25). The van der Waals surface area contributed by atoms with Gasteiger partial charge in [-0.1, -0.05) is 36.0 Å². The zero-order valence-electron chi connectivity index (χ0n) is 15.4. The molecule has 0 saturated heterocycles. The lowest BCUT2D eigenvalue weighted by molar-refractivity contribution is 0.0996. The number of amides is 2. The summed E-state index contributed by atoms with van der Waals surface area (Å²) in [6, 6.07) is 15.4. The molecule has 2 heterocycles. The molecule has 0 aliphatic rings. The molecule has 7 nitrogen and oxygen atoms in total. The molecule has 0 bridgehead atoms. The van der Waals surface area contributed by atoms with E-state index in [2.05, 4.69) is 26.6 Å². The zero-order chi connectivity index (χ0) is 20.4. The van der Waals surface area contributed by atoms with Crippen LogP contribution in [0.4, 0.5) is 5.69 Å². The number of aromatic amines is 1. The van der Waals surface area contributed by atoms with Crippen molar-refractivity contribution in [2.45, 2.75) is 17.0 Å². The molecule has 2 aromatic carbocycles. The number of nitrogens with two attached hydrogens (primary N) is 1. The number of fused-ring (bicyclic) bond motifs is 1. The van der Waals surface area contributed by atoms with Crippen LogP contribution in [0.25, 0.3) is 10.2 Å². The fraction of sp³-hybridized carbons (Fsp3) is 0.100. The molecule has 2 amide bonds. The molecule has 146 valence electrons. The number of carbonyl (C=O) groups excluding carboxylic acids is 2. The Bertz CT molecular complexity index is 1160. The van der Waals surface area contributed by atoms with Gasteiger partial charge >= 0.3 is 0 Å². The second-order valence-corrected chi connectivity index (χ2v) is 8.58. The number of aromatic nitrogens is 3. The van der Waals surface area contributed by atoms with Crippen molar-refractivity contribution < 1.29 is 9.59 Å². The molecule has 0 spiro atoms. The van der Waals surface area contributed by atoms with Crippen LogP contribution in [-0.4, -0.2) is 27.0 Å². The first-order chi connectivity index (χ1) is 14.0. The molecule has 0 aliphatic carbocycles. The monoisotopic (exact) mass is 423 g/mol. The molecular weight excluding hydrogens is 406 g/mol. The van der Waals surface area contributed by atoms with E-state index in [4.69, 9.17) is 5.73 Å². The molecule has 0 saturated carbocycles. The number of nitrogens with one attached hydrogen (secondary N) is 2. The normalized spacial score (nSPS) is 10.9. The van der Waals surface area contributed by atoms with Crippen molar-refractivity contribution in [3.63, 3.8) is 0 Å². The van der Waals surface area contributed by atoms with E-state index in [1.54, 1.807) is 42.2 Å². The van der Waals surface area contributed by atoms with E-state index in [0.29, 0.717) is 16.9 Å². The molecule has 4 aromatic rings. The maximum atomic E-state index is 12.5. The van der Waals surface area contributed by atoms with E-state index >= 15 is 0 Å². The minimum absolute atomic E-state index is 0.0136. The molecule has 0 radical (unpaired) electrons. The van der Waals surface area contributed by atoms with Gasteiger partial charge in [0, 0.05) is 11.3 Å². The van der Waals surface area contributed by atoms with Crippen molar-refractivity contribution in [3.05, 3.63) is 71.0 Å². The summed E-state index contributed by atoms with van der Waals surface area (Å²) in [5.74, 6) is -0.275. The van der Waals surface area contributed by atoms with Crippen LogP contribution in [0.15, 0.2) is 52.9 Å². The van der Waals surface area contributed by atoms with Gasteiger partial charge in [0.2, 0.25) is 0 Å². The molecule has 0 fully saturated rings. The van der Waals surface area contributed by atoms with Gasteiger partial charge in [0.05, 0.1) is 21.6 Å². The van der Waals surface area contributed by atoms with Crippen molar-refractivity contribution in [1.29, 1.82) is 0 Å². The third-order valence-corrected chi connectivity index (χ3v) is 6.52. The second kappa shape index (κ2) is 8.06. The van der Waals surface area contributed by atoms with Gasteiger partial charge in [0.1, 0.15) is 0 Å². The molecule has 0 atom stereocenters. The minimum Gasteiger partial charge on any atom is -0.364 e. The Morgan fingerprint density at radius 1 is 1.17 bits per heavy atom. The molecule has 4 N–H and O–H groups in total. The van der Waals surface area contributed by atoms with E-state index in [1.807, 2.05) is 30.3 Å². The van der Waals surface area contributed by atoms with Gasteiger partial charge in [-0.15, -0.1) is 11.3 Å². The number of hydrogen-bond acceptors (Lipinski definition) is 6. The fourth-order valence-corrected chi connectivity index (χ4v) is 4.78. The van der Waals surface area contributed by atoms with Gasteiger partial charge in [-0.25, -0.2) is 4.98 Å². The van der Waals surface area contributed by atoms with Crippen molar-refractivity contribution in [2.24, 2.45) is 5.73 Å². The summed E-state index contributed by atoms with van der Waals surface area (Å²) in [5.41, 5.74) is 8.75. The molecule has 4 rings (SSSR count). The average Bonchev–Trinajstić information content (AvgIpc) is 3.30. The van der Waals surface area contributed by atoms with E-state index < -0.39 is 5.91 Å². The summed E-state index contributed by atoms with van der Waals surface area (Å²) in [6.07, 6.45) is 0. The summed E-state index contributed by atoms with van der Waals surface area (Å²) < 4.78 is 2.19. The Morgan fingerprint density at radius 2 is 1.93 bits per heavy atom. The molecule has 0 aliphatic heterocycles. The van der Waals surface area contributed by atoms with Gasteiger partial charge in [-0.2, -0.15) is 5.10 Å². The maximum Gasteiger partial charge on any atom is 0.271 e. The van der Waals surface area contributed by atoms with Crippen LogP contribution in [0.5, 0.6) is 0 Å². The van der Waals surface area contributed by atoms with Gasteiger partial charge < -0.3 is 11.1 Å². The van der Waals surface area contributed by atoms with Gasteiger partial charge in [-0.05, 0) is 36.8 Å². The number of aryl methyl sites for hydroxylation is 1. The first-order valence-electron chi connectivity index (χ1n) is 8.74. The predicted molar refractivity (Wildman–Crippen MR) is 115 cm³/mol. The third-order valence-electron chi connectivity index (χ3n) is 4.27. The van der Waals surface area contributed by atoms with Crippen LogP contribution < -0.4 is 11.1 Å². The number of hydrogen-bond donors (Lipinski definition) is 3. The van der Waals surface area contributed by atoms with Crippen molar-refractivity contribution in [3.8, 4) is 0 Å². The molecular formula is C20H17N5O2S2. The highest BCUT2D eigenvalue weighted by atomic mass is 32.2. The first kappa shape index (κ1) is 19.2. The van der Waals surface area contributed by atoms with Gasteiger partial charge in [0.25, 0.3) is 11.8 Å². The van der Waals surface area contributed by atoms with E-state index in [0.717, 1.165) is 21.2 Å². The van der Waals surface area contributed by atoms with Crippen molar-refractivity contribution in [1.82, 2.24) is 15.2 Å². The topological polar surface area (TPSA) is 114 Å². The van der Waals surface area contributed by atoms with Crippen LogP contribution in [-0.2, 0) is 5.75 Å². The minimum atomic E-state index is -0.702. The average molecular weight is 424 g/mol.